The number of aromatic nitrogens is 4. The summed E-state index contributed by atoms with van der Waals surface area (Å²) < 4.78 is 12.4. The van der Waals surface area contributed by atoms with Crippen molar-refractivity contribution in [1.82, 2.24) is 25.0 Å². The van der Waals surface area contributed by atoms with Crippen molar-refractivity contribution in [1.29, 1.82) is 0 Å². The van der Waals surface area contributed by atoms with Gasteiger partial charge in [-0.25, -0.2) is 4.79 Å². The summed E-state index contributed by atoms with van der Waals surface area (Å²) in [5.74, 6) is 1.39. The molecule has 5 rings (SSSR count). The monoisotopic (exact) mass is 522 g/mol. The van der Waals surface area contributed by atoms with Gasteiger partial charge in [-0.05, 0) is 69.5 Å². The van der Waals surface area contributed by atoms with Crippen LogP contribution in [0.1, 0.15) is 57.5 Å². The van der Waals surface area contributed by atoms with Crippen LogP contribution in [0.25, 0.3) is 32.2 Å². The third-order valence-corrected chi connectivity index (χ3v) is 7.45. The zero-order valence-corrected chi connectivity index (χ0v) is 23.3. The van der Waals surface area contributed by atoms with Crippen LogP contribution >= 0.6 is 11.3 Å². The smallest absolute Gasteiger partial charge is 0.410 e. The fraction of sp³-hybridized carbons (Fsp3) is 0.481. The van der Waals surface area contributed by atoms with Gasteiger partial charge in [0.1, 0.15) is 5.60 Å². The fourth-order valence-electron chi connectivity index (χ4n) is 4.72. The first-order chi connectivity index (χ1) is 17.5. The Balaban J connectivity index is 1.35. The van der Waals surface area contributed by atoms with Gasteiger partial charge < -0.3 is 24.0 Å². The number of hydrogen-bond acceptors (Lipinski definition) is 8. The summed E-state index contributed by atoms with van der Waals surface area (Å²) in [7, 11) is 0. The molecule has 9 nitrogen and oxygen atoms in total. The van der Waals surface area contributed by atoms with Crippen LogP contribution in [0, 0.1) is 13.8 Å². The summed E-state index contributed by atoms with van der Waals surface area (Å²) in [6, 6.07) is 6.35. The minimum absolute atomic E-state index is 0.285. The molecule has 0 unspecified atom stereocenters. The zero-order chi connectivity index (χ0) is 26.5. The molecule has 1 fully saturated rings. The Morgan fingerprint density at radius 1 is 1.08 bits per heavy atom. The Kier molecular flexibility index (Phi) is 6.47. The van der Waals surface area contributed by atoms with Gasteiger partial charge in [-0.15, -0.1) is 11.3 Å². The van der Waals surface area contributed by atoms with E-state index in [-0.39, 0.29) is 6.09 Å². The SMILES string of the molecule is Cc1cc(-c2[nH]c3cc(-c4nc(N5CCN(C(=O)OC(C)(C)C)CC5)no4)sc3c2C(C)C)cc(C)n1. The lowest BCUT2D eigenvalue weighted by molar-refractivity contribution is 0.0240. The zero-order valence-electron chi connectivity index (χ0n) is 22.5. The Labute approximate surface area is 220 Å². The van der Waals surface area contributed by atoms with Gasteiger partial charge in [-0.2, -0.15) is 4.98 Å². The number of H-pyrrole nitrogens is 1. The van der Waals surface area contributed by atoms with E-state index in [0.29, 0.717) is 43.9 Å². The van der Waals surface area contributed by atoms with Gasteiger partial charge in [0, 0.05) is 43.1 Å². The van der Waals surface area contributed by atoms with Crippen molar-refractivity contribution >= 4 is 33.6 Å². The molecule has 1 N–H and O–H groups in total. The number of thiophene rings is 1. The van der Waals surface area contributed by atoms with E-state index < -0.39 is 5.60 Å². The predicted octanol–water partition coefficient (Wildman–Crippen LogP) is 6.14. The first-order valence-corrected chi connectivity index (χ1v) is 13.5. The van der Waals surface area contributed by atoms with Crippen LogP contribution in [0.15, 0.2) is 22.7 Å². The first-order valence-electron chi connectivity index (χ1n) is 12.7. The number of amides is 1. The molecule has 1 aliphatic heterocycles. The number of rotatable bonds is 4. The largest absolute Gasteiger partial charge is 0.444 e. The van der Waals surface area contributed by atoms with E-state index in [1.165, 1.54) is 10.3 Å². The molecular weight excluding hydrogens is 488 g/mol. The third kappa shape index (κ3) is 5.20. The molecule has 0 saturated carbocycles. The number of aromatic amines is 1. The van der Waals surface area contributed by atoms with Crippen molar-refractivity contribution in [3.8, 4) is 22.0 Å². The molecule has 37 heavy (non-hydrogen) atoms. The number of carbonyl (C=O) groups is 1. The molecule has 1 amide bonds. The Morgan fingerprint density at radius 3 is 2.38 bits per heavy atom. The maximum absolute atomic E-state index is 12.4. The number of fused-ring (bicyclic) bond motifs is 1. The maximum atomic E-state index is 12.4. The Morgan fingerprint density at radius 2 is 1.76 bits per heavy atom. The standard InChI is InChI=1S/C27H34N6O3S/c1-15(2)21-22(18-12-16(3)28-17(4)13-18)29-19-14-20(37-23(19)21)24-30-25(31-36-24)32-8-10-33(11-9-32)26(34)35-27(5,6)7/h12-15,29H,8-11H2,1-7H3. The normalized spacial score (nSPS) is 14.7. The molecular formula is C27H34N6O3S. The van der Waals surface area contributed by atoms with Crippen molar-refractivity contribution in [2.24, 2.45) is 0 Å². The van der Waals surface area contributed by atoms with Crippen molar-refractivity contribution < 1.29 is 14.1 Å². The van der Waals surface area contributed by atoms with Crippen molar-refractivity contribution in [3.63, 3.8) is 0 Å². The van der Waals surface area contributed by atoms with E-state index in [9.17, 15) is 4.79 Å². The van der Waals surface area contributed by atoms with E-state index in [1.807, 2.05) is 39.5 Å². The second-order valence-corrected chi connectivity index (χ2v) is 12.0. The predicted molar refractivity (Wildman–Crippen MR) is 146 cm³/mol. The molecule has 10 heteroatoms. The summed E-state index contributed by atoms with van der Waals surface area (Å²) in [5, 5.41) is 4.24. The number of pyridine rings is 1. The minimum atomic E-state index is -0.506. The van der Waals surface area contributed by atoms with E-state index >= 15 is 0 Å². The first kappa shape index (κ1) is 25.3. The van der Waals surface area contributed by atoms with Gasteiger partial charge in [0.25, 0.3) is 11.8 Å². The molecule has 4 aromatic heterocycles. The molecule has 196 valence electrons. The van der Waals surface area contributed by atoms with Crippen molar-refractivity contribution in [2.45, 2.75) is 60.0 Å². The van der Waals surface area contributed by atoms with Gasteiger partial charge in [-0.3, -0.25) is 4.98 Å². The lowest BCUT2D eigenvalue weighted by Gasteiger charge is -2.34. The van der Waals surface area contributed by atoms with Gasteiger partial charge in [0.05, 0.1) is 20.8 Å². The topological polar surface area (TPSA) is 100 Å². The highest BCUT2D eigenvalue weighted by molar-refractivity contribution is 7.22. The van der Waals surface area contributed by atoms with Crippen LogP contribution in [0.3, 0.4) is 0 Å². The van der Waals surface area contributed by atoms with Crippen LogP contribution in [0.4, 0.5) is 10.7 Å². The second-order valence-electron chi connectivity index (χ2n) is 10.9. The summed E-state index contributed by atoms with van der Waals surface area (Å²) in [4.78, 5) is 29.9. The number of nitrogens with one attached hydrogen (secondary N) is 1. The van der Waals surface area contributed by atoms with Crippen molar-refractivity contribution in [3.05, 3.63) is 35.2 Å². The molecule has 0 atom stereocenters. The van der Waals surface area contributed by atoms with Crippen LogP contribution in [0.5, 0.6) is 0 Å². The van der Waals surface area contributed by atoms with Gasteiger partial charge in [0.15, 0.2) is 0 Å². The third-order valence-electron chi connectivity index (χ3n) is 6.29. The quantitative estimate of drug-likeness (QED) is 0.344. The van der Waals surface area contributed by atoms with E-state index in [2.05, 4.69) is 52.2 Å². The second kappa shape index (κ2) is 9.48. The highest BCUT2D eigenvalue weighted by Gasteiger charge is 2.28. The molecule has 0 aliphatic carbocycles. The van der Waals surface area contributed by atoms with Crippen LogP contribution in [-0.2, 0) is 4.74 Å². The number of hydrogen-bond donors (Lipinski definition) is 1. The van der Waals surface area contributed by atoms with Crippen molar-refractivity contribution in [2.75, 3.05) is 31.1 Å². The summed E-state index contributed by atoms with van der Waals surface area (Å²) in [6.45, 7) is 16.5. The van der Waals surface area contributed by atoms with Gasteiger partial charge in [-0.1, -0.05) is 13.8 Å². The lowest BCUT2D eigenvalue weighted by atomic mass is 9.99. The minimum Gasteiger partial charge on any atom is -0.444 e. The number of piperazine rings is 1. The molecule has 0 radical (unpaired) electrons. The van der Waals surface area contributed by atoms with E-state index in [1.54, 1.807) is 16.2 Å². The Bertz CT molecular complexity index is 1420. The molecule has 0 spiro atoms. The number of aryl methyl sites for hydroxylation is 2. The lowest BCUT2D eigenvalue weighted by Crippen LogP contribution is -2.50. The molecule has 5 heterocycles. The Hall–Kier alpha value is -3.40. The van der Waals surface area contributed by atoms with Crippen LogP contribution < -0.4 is 4.90 Å². The van der Waals surface area contributed by atoms with Crippen LogP contribution in [0.2, 0.25) is 0 Å². The highest BCUT2D eigenvalue weighted by Crippen LogP contribution is 2.42. The summed E-state index contributed by atoms with van der Waals surface area (Å²) in [6.07, 6.45) is -0.285. The maximum Gasteiger partial charge on any atom is 0.410 e. The number of anilines is 1. The summed E-state index contributed by atoms with van der Waals surface area (Å²) in [5.41, 5.74) is 6.16. The molecule has 0 bridgehead atoms. The van der Waals surface area contributed by atoms with Crippen LogP contribution in [-0.4, -0.2) is 62.9 Å². The molecule has 4 aromatic rings. The number of nitrogens with zero attached hydrogens (tertiary/aromatic N) is 5. The average Bonchev–Trinajstić information content (AvgIpc) is 3.51. The van der Waals surface area contributed by atoms with E-state index in [4.69, 9.17) is 9.26 Å². The van der Waals surface area contributed by atoms with E-state index in [0.717, 1.165) is 33.0 Å². The highest BCUT2D eigenvalue weighted by atomic mass is 32.1. The van der Waals surface area contributed by atoms with Gasteiger partial charge in [0.2, 0.25) is 0 Å². The molecule has 1 saturated heterocycles. The van der Waals surface area contributed by atoms with Gasteiger partial charge >= 0.3 is 6.09 Å². The fourth-order valence-corrected chi connectivity index (χ4v) is 5.96. The molecule has 0 aromatic carbocycles. The number of carbonyl (C=O) groups excluding carboxylic acids is 1. The summed E-state index contributed by atoms with van der Waals surface area (Å²) >= 11 is 1.67. The molecule has 1 aliphatic rings. The average molecular weight is 523 g/mol. The number of ether oxygens (including phenoxy) is 1.